The molecule has 1 fully saturated rings. The number of benzene rings is 1. The van der Waals surface area contributed by atoms with Crippen molar-refractivity contribution in [1.29, 1.82) is 0 Å². The zero-order chi connectivity index (χ0) is 15.1. The van der Waals surface area contributed by atoms with Crippen molar-refractivity contribution in [3.8, 4) is 5.75 Å². The highest BCUT2D eigenvalue weighted by Gasteiger charge is 2.52. The maximum atomic E-state index is 6.15. The molecule has 1 aliphatic heterocycles. The lowest BCUT2D eigenvalue weighted by molar-refractivity contribution is 0.00578. The molecule has 0 unspecified atom stereocenters. The third-order valence-corrected chi connectivity index (χ3v) is 4.37. The highest BCUT2D eigenvalue weighted by Crippen LogP contribution is 2.37. The van der Waals surface area contributed by atoms with Crippen LogP contribution >= 0.6 is 0 Å². The second kappa shape index (κ2) is 5.08. The minimum atomic E-state index is -0.310. The van der Waals surface area contributed by atoms with Crippen LogP contribution in [0.4, 0.5) is 0 Å². The Morgan fingerprint density at radius 3 is 1.85 bits per heavy atom. The molecular formula is C16H25BO3. The van der Waals surface area contributed by atoms with E-state index < -0.39 is 0 Å². The fraction of sp³-hybridized carbons (Fsp3) is 0.625. The highest BCUT2D eigenvalue weighted by molar-refractivity contribution is 6.63. The highest BCUT2D eigenvalue weighted by atomic mass is 16.7. The monoisotopic (exact) mass is 276 g/mol. The minimum absolute atomic E-state index is 0.310. The van der Waals surface area contributed by atoms with Crippen molar-refractivity contribution in [3.63, 3.8) is 0 Å². The van der Waals surface area contributed by atoms with Crippen molar-refractivity contribution in [3.05, 3.63) is 23.3 Å². The molecule has 1 heterocycles. The Kier molecular flexibility index (Phi) is 3.91. The van der Waals surface area contributed by atoms with Crippen molar-refractivity contribution < 1.29 is 14.0 Å². The minimum Gasteiger partial charge on any atom is -0.494 e. The number of hydrogen-bond acceptors (Lipinski definition) is 3. The molecule has 0 saturated carbocycles. The molecule has 0 amide bonds. The Hall–Kier alpha value is -0.995. The van der Waals surface area contributed by atoms with Gasteiger partial charge in [-0.3, -0.25) is 0 Å². The van der Waals surface area contributed by atoms with Gasteiger partial charge in [0.05, 0.1) is 17.8 Å². The number of hydrogen-bond donors (Lipinski definition) is 0. The van der Waals surface area contributed by atoms with Crippen LogP contribution in [-0.4, -0.2) is 24.9 Å². The van der Waals surface area contributed by atoms with Crippen LogP contribution < -0.4 is 10.2 Å². The second-order valence-corrected chi connectivity index (χ2v) is 6.49. The van der Waals surface area contributed by atoms with E-state index in [1.807, 2.05) is 6.92 Å². The number of rotatable bonds is 3. The van der Waals surface area contributed by atoms with Gasteiger partial charge in [0.1, 0.15) is 5.75 Å². The molecule has 110 valence electrons. The zero-order valence-corrected chi connectivity index (χ0v) is 13.7. The fourth-order valence-electron chi connectivity index (χ4n) is 2.52. The molecule has 20 heavy (non-hydrogen) atoms. The fourth-order valence-corrected chi connectivity index (χ4v) is 2.52. The predicted molar refractivity (Wildman–Crippen MR) is 82.8 cm³/mol. The Morgan fingerprint density at radius 2 is 1.45 bits per heavy atom. The molecular weight excluding hydrogens is 251 g/mol. The van der Waals surface area contributed by atoms with Gasteiger partial charge in [0, 0.05) is 0 Å². The van der Waals surface area contributed by atoms with Crippen molar-refractivity contribution in [2.45, 2.75) is 59.7 Å². The standard InChI is InChI=1S/C16H25BO3/c1-8-18-13-9-11(2)14(12(3)10-13)17-19-15(4,5)16(6,7)20-17/h9-10H,8H2,1-7H3. The normalized spacial score (nSPS) is 20.2. The first-order valence-electron chi connectivity index (χ1n) is 7.27. The summed E-state index contributed by atoms with van der Waals surface area (Å²) in [7, 11) is -0.310. The summed E-state index contributed by atoms with van der Waals surface area (Å²) in [5, 5.41) is 0. The molecule has 0 aliphatic carbocycles. The summed E-state index contributed by atoms with van der Waals surface area (Å²) >= 11 is 0. The molecule has 1 aliphatic rings. The lowest BCUT2D eigenvalue weighted by Crippen LogP contribution is -2.41. The quantitative estimate of drug-likeness (QED) is 0.794. The number of aryl methyl sites for hydroxylation is 2. The molecule has 1 aromatic carbocycles. The number of ether oxygens (including phenoxy) is 1. The molecule has 1 aromatic rings. The summed E-state index contributed by atoms with van der Waals surface area (Å²) in [6, 6.07) is 4.10. The molecule has 0 radical (unpaired) electrons. The Labute approximate surface area is 122 Å². The zero-order valence-electron chi connectivity index (χ0n) is 13.7. The van der Waals surface area contributed by atoms with Gasteiger partial charge in [0.25, 0.3) is 0 Å². The van der Waals surface area contributed by atoms with Gasteiger partial charge >= 0.3 is 7.12 Å². The van der Waals surface area contributed by atoms with Crippen LogP contribution in [0.3, 0.4) is 0 Å². The molecule has 0 bridgehead atoms. The molecule has 3 nitrogen and oxygen atoms in total. The Morgan fingerprint density at radius 1 is 1.00 bits per heavy atom. The Bertz CT molecular complexity index is 469. The third kappa shape index (κ3) is 2.59. The van der Waals surface area contributed by atoms with Crippen molar-refractivity contribution >= 4 is 12.6 Å². The van der Waals surface area contributed by atoms with E-state index in [0.29, 0.717) is 6.61 Å². The lowest BCUT2D eigenvalue weighted by atomic mass is 9.73. The van der Waals surface area contributed by atoms with Gasteiger partial charge in [-0.15, -0.1) is 0 Å². The van der Waals surface area contributed by atoms with Crippen molar-refractivity contribution in [2.24, 2.45) is 0 Å². The van der Waals surface area contributed by atoms with Gasteiger partial charge in [0.2, 0.25) is 0 Å². The van der Waals surface area contributed by atoms with Gasteiger partial charge in [-0.25, -0.2) is 0 Å². The summed E-state index contributed by atoms with van der Waals surface area (Å²) in [6.07, 6.45) is 0. The van der Waals surface area contributed by atoms with E-state index in [1.54, 1.807) is 0 Å². The average Bonchev–Trinajstić information content (AvgIpc) is 2.46. The van der Waals surface area contributed by atoms with Crippen LogP contribution in [0.1, 0.15) is 45.7 Å². The lowest BCUT2D eigenvalue weighted by Gasteiger charge is -2.32. The van der Waals surface area contributed by atoms with Crippen LogP contribution in [0.25, 0.3) is 0 Å². The predicted octanol–water partition coefficient (Wildman–Crippen LogP) is 3.00. The van der Waals surface area contributed by atoms with E-state index in [1.165, 1.54) is 0 Å². The first-order valence-corrected chi connectivity index (χ1v) is 7.27. The molecule has 4 heteroatoms. The van der Waals surface area contributed by atoms with Crippen LogP contribution in [0.5, 0.6) is 5.75 Å². The van der Waals surface area contributed by atoms with E-state index >= 15 is 0 Å². The average molecular weight is 276 g/mol. The van der Waals surface area contributed by atoms with E-state index in [-0.39, 0.29) is 18.3 Å². The maximum absolute atomic E-state index is 6.15. The summed E-state index contributed by atoms with van der Waals surface area (Å²) in [5.41, 5.74) is 2.79. The summed E-state index contributed by atoms with van der Waals surface area (Å²) in [5.74, 6) is 0.905. The molecule has 0 aromatic heterocycles. The van der Waals surface area contributed by atoms with Gasteiger partial charge in [-0.1, -0.05) is 0 Å². The topological polar surface area (TPSA) is 27.7 Å². The first kappa shape index (κ1) is 15.4. The van der Waals surface area contributed by atoms with Crippen molar-refractivity contribution in [1.82, 2.24) is 0 Å². The van der Waals surface area contributed by atoms with Crippen LogP contribution in [0.15, 0.2) is 12.1 Å². The SMILES string of the molecule is CCOc1cc(C)c(B2OC(C)(C)C(C)(C)O2)c(C)c1. The van der Waals surface area contributed by atoms with E-state index in [0.717, 1.165) is 22.3 Å². The molecule has 0 spiro atoms. The molecule has 1 saturated heterocycles. The summed E-state index contributed by atoms with van der Waals surface area (Å²) in [4.78, 5) is 0. The van der Waals surface area contributed by atoms with Gasteiger partial charge in [-0.05, 0) is 77.2 Å². The van der Waals surface area contributed by atoms with Crippen molar-refractivity contribution in [2.75, 3.05) is 6.61 Å². The van der Waals surface area contributed by atoms with Gasteiger partial charge < -0.3 is 14.0 Å². The molecule has 0 atom stereocenters. The van der Waals surface area contributed by atoms with E-state index in [9.17, 15) is 0 Å². The molecule has 2 rings (SSSR count). The third-order valence-electron chi connectivity index (χ3n) is 4.37. The maximum Gasteiger partial charge on any atom is 0.495 e. The van der Waals surface area contributed by atoms with Gasteiger partial charge in [0.15, 0.2) is 0 Å². The van der Waals surface area contributed by atoms with Crippen LogP contribution in [-0.2, 0) is 9.31 Å². The molecule has 0 N–H and O–H groups in total. The van der Waals surface area contributed by atoms with E-state index in [4.69, 9.17) is 14.0 Å². The van der Waals surface area contributed by atoms with Crippen LogP contribution in [0, 0.1) is 13.8 Å². The summed E-state index contributed by atoms with van der Waals surface area (Å²) < 4.78 is 17.9. The first-order chi connectivity index (χ1) is 9.18. The van der Waals surface area contributed by atoms with Gasteiger partial charge in [-0.2, -0.15) is 0 Å². The Balaban J connectivity index is 2.36. The smallest absolute Gasteiger partial charge is 0.494 e. The largest absolute Gasteiger partial charge is 0.495 e. The van der Waals surface area contributed by atoms with Crippen LogP contribution in [0.2, 0.25) is 0 Å². The van der Waals surface area contributed by atoms with E-state index in [2.05, 4.69) is 53.7 Å². The second-order valence-electron chi connectivity index (χ2n) is 6.49. The summed E-state index contributed by atoms with van der Waals surface area (Å²) in [6.45, 7) is 15.1.